The van der Waals surface area contributed by atoms with Crippen molar-refractivity contribution in [3.63, 3.8) is 0 Å². The van der Waals surface area contributed by atoms with Gasteiger partial charge in [0.2, 0.25) is 0 Å². The van der Waals surface area contributed by atoms with Crippen LogP contribution in [0.2, 0.25) is 0 Å². The van der Waals surface area contributed by atoms with Crippen LogP contribution in [0.4, 0.5) is 0 Å². The van der Waals surface area contributed by atoms with Crippen LogP contribution in [-0.4, -0.2) is 0 Å². The summed E-state index contributed by atoms with van der Waals surface area (Å²) in [6.45, 7) is 9.48. The van der Waals surface area contributed by atoms with Gasteiger partial charge in [-0.1, -0.05) is 157 Å². The molecule has 43 heavy (non-hydrogen) atoms. The van der Waals surface area contributed by atoms with Crippen molar-refractivity contribution in [2.45, 2.75) is 38.0 Å². The second-order valence-corrected chi connectivity index (χ2v) is 17.1. The molecule has 0 bridgehead atoms. The summed E-state index contributed by atoms with van der Waals surface area (Å²) in [5.74, 6) is 0. The molecule has 0 N–H and O–H groups in total. The van der Waals surface area contributed by atoms with Crippen LogP contribution in [0.25, 0.3) is 0 Å². The molecular weight excluding hydrogens is 598 g/mol. The second kappa shape index (κ2) is 15.1. The van der Waals surface area contributed by atoms with Gasteiger partial charge in [-0.25, -0.2) is 12.1 Å². The minimum absolute atomic E-state index is 0. The van der Waals surface area contributed by atoms with Crippen molar-refractivity contribution in [3.05, 3.63) is 181 Å². The fraction of sp³-hybridized carbons (Fsp3) is 0.150. The molecule has 3 heteroatoms. The fourth-order valence-electron chi connectivity index (χ4n) is 5.72. The summed E-state index contributed by atoms with van der Waals surface area (Å²) in [6, 6.07) is 61.3. The molecule has 0 saturated carbocycles. The third-order valence-electron chi connectivity index (χ3n) is 7.91. The summed E-state index contributed by atoms with van der Waals surface area (Å²) in [4.78, 5) is 0. The molecule has 0 aromatic heterocycles. The van der Waals surface area contributed by atoms with Gasteiger partial charge < -0.3 is 29.8 Å². The van der Waals surface area contributed by atoms with Crippen LogP contribution in [0, 0.1) is 0 Å². The second-order valence-electron chi connectivity index (χ2n) is 11.5. The summed E-state index contributed by atoms with van der Waals surface area (Å²) in [6.07, 6.45) is 0. The Morgan fingerprint density at radius 1 is 0.442 bits per heavy atom. The number of rotatable bonds is 8. The number of hydrogen-bond acceptors (Lipinski definition) is 0. The van der Waals surface area contributed by atoms with Gasteiger partial charge in [-0.2, -0.15) is 17.3 Å². The Morgan fingerprint density at radius 2 is 0.744 bits per heavy atom. The van der Waals surface area contributed by atoms with E-state index in [0.29, 0.717) is 0 Å². The molecule has 0 amide bonds. The van der Waals surface area contributed by atoms with Gasteiger partial charge in [-0.3, -0.25) is 0 Å². The summed E-state index contributed by atoms with van der Waals surface area (Å²) in [5, 5.41) is 5.97. The molecule has 0 saturated heterocycles. The Bertz CT molecular complexity index is 1390. The minimum Gasteiger partial charge on any atom is -0.748 e. The molecule has 0 spiro atoms. The first-order valence-corrected chi connectivity index (χ1v) is 17.3. The van der Waals surface area contributed by atoms with Crippen LogP contribution in [0.5, 0.6) is 0 Å². The van der Waals surface area contributed by atoms with Crippen molar-refractivity contribution in [3.8, 4) is 0 Å². The first kappa shape index (κ1) is 32.9. The van der Waals surface area contributed by atoms with Crippen molar-refractivity contribution in [1.82, 2.24) is 0 Å². The maximum absolute atomic E-state index is 2.37. The van der Waals surface area contributed by atoms with Crippen LogP contribution >= 0.6 is 15.8 Å². The fourth-order valence-corrected chi connectivity index (χ4v) is 11.6. The van der Waals surface area contributed by atoms with E-state index in [1.165, 1.54) is 32.3 Å². The zero-order chi connectivity index (χ0) is 29.4. The van der Waals surface area contributed by atoms with Gasteiger partial charge in [0, 0.05) is 17.1 Å². The minimum atomic E-state index is -0.445. The van der Waals surface area contributed by atoms with Crippen LogP contribution in [-0.2, 0) is 27.4 Å². The zero-order valence-electron chi connectivity index (χ0n) is 25.4. The Kier molecular flexibility index (Phi) is 11.5. The van der Waals surface area contributed by atoms with E-state index >= 15 is 0 Å². The summed E-state index contributed by atoms with van der Waals surface area (Å²) < 4.78 is 0. The van der Waals surface area contributed by atoms with Gasteiger partial charge in [0.05, 0.1) is 0 Å². The van der Waals surface area contributed by atoms with Gasteiger partial charge in [-0.05, 0) is 34.3 Å². The Labute approximate surface area is 271 Å². The molecule has 0 heterocycles. The quantitative estimate of drug-likeness (QED) is 0.0885. The molecule has 0 atom stereocenters. The molecule has 0 nitrogen and oxygen atoms in total. The third kappa shape index (κ3) is 7.73. The van der Waals surface area contributed by atoms with E-state index in [0.717, 1.165) is 0 Å². The van der Waals surface area contributed by atoms with E-state index < -0.39 is 15.8 Å². The number of benzene rings is 4. The van der Waals surface area contributed by atoms with Gasteiger partial charge >= 0.3 is 0 Å². The first-order valence-electron chi connectivity index (χ1n) is 14.6. The SMILES string of the molecule is CC(C)([c-]1[cH-][cH-][cH-][cH-]1)P(c1ccccc1)c1ccccc1.CC(C)([c-]1cccc1)P(c1ccccc1)c1ccccc1.[Fe]. The van der Waals surface area contributed by atoms with E-state index in [2.05, 4.69) is 198 Å². The maximum Gasteiger partial charge on any atom is 0 e. The predicted octanol–water partition coefficient (Wildman–Crippen LogP) is 9.54. The molecular formula is C40H40FeP2-6. The van der Waals surface area contributed by atoms with Gasteiger partial charge in [0.15, 0.2) is 0 Å². The van der Waals surface area contributed by atoms with Crippen LogP contribution in [0.1, 0.15) is 38.8 Å². The largest absolute Gasteiger partial charge is 0.748 e. The van der Waals surface area contributed by atoms with E-state index in [1.54, 1.807) is 0 Å². The molecule has 0 unspecified atom stereocenters. The summed E-state index contributed by atoms with van der Waals surface area (Å²) in [7, 11) is -0.889. The van der Waals surface area contributed by atoms with Gasteiger partial charge in [0.25, 0.3) is 0 Å². The number of hydrogen-bond donors (Lipinski definition) is 0. The molecule has 6 rings (SSSR count). The topological polar surface area (TPSA) is 0 Å². The van der Waals surface area contributed by atoms with E-state index in [1.807, 2.05) is 0 Å². The van der Waals surface area contributed by atoms with Crippen molar-refractivity contribution < 1.29 is 17.1 Å². The first-order chi connectivity index (χ1) is 20.4. The van der Waals surface area contributed by atoms with Crippen LogP contribution in [0.15, 0.2) is 170 Å². The smallest absolute Gasteiger partial charge is 0 e. The van der Waals surface area contributed by atoms with Gasteiger partial charge in [-0.15, -0.1) is 5.56 Å². The average Bonchev–Trinajstić information content (AvgIpc) is 3.76. The monoisotopic (exact) mass is 638 g/mol. The molecule has 0 aliphatic heterocycles. The Balaban J connectivity index is 0.000000192. The van der Waals surface area contributed by atoms with Crippen molar-refractivity contribution in [2.24, 2.45) is 0 Å². The van der Waals surface area contributed by atoms with Gasteiger partial charge in [0.1, 0.15) is 0 Å². The van der Waals surface area contributed by atoms with Crippen LogP contribution in [0.3, 0.4) is 0 Å². The third-order valence-corrected chi connectivity index (χ3v) is 13.9. The van der Waals surface area contributed by atoms with Crippen molar-refractivity contribution >= 4 is 37.1 Å². The van der Waals surface area contributed by atoms with Crippen molar-refractivity contribution in [1.29, 1.82) is 0 Å². The average molecular weight is 639 g/mol. The molecule has 0 aliphatic carbocycles. The summed E-state index contributed by atoms with van der Waals surface area (Å²) in [5.41, 5.74) is 2.84. The van der Waals surface area contributed by atoms with E-state index in [9.17, 15) is 0 Å². The normalized spacial score (nSPS) is 11.5. The molecule has 0 fully saturated rings. The van der Waals surface area contributed by atoms with Crippen molar-refractivity contribution in [2.75, 3.05) is 0 Å². The standard InChI is InChI=1S/2C20H20P.Fe/c2*1-20(2,17-11-9-10-12-17)21(18-13-5-3-6-14-18)19-15-7-4-8-16-19;/h2*3-16H,1-2H3;/q-5;-1;. The predicted molar refractivity (Wildman–Crippen MR) is 188 cm³/mol. The van der Waals surface area contributed by atoms with Crippen LogP contribution < -0.4 is 21.2 Å². The molecule has 6 aromatic rings. The maximum atomic E-state index is 2.37. The van der Waals surface area contributed by atoms with E-state index in [4.69, 9.17) is 0 Å². The van der Waals surface area contributed by atoms with E-state index in [-0.39, 0.29) is 27.4 Å². The molecule has 0 aliphatic rings. The molecule has 0 radical (unpaired) electrons. The zero-order valence-corrected chi connectivity index (χ0v) is 28.3. The Hall–Kier alpha value is -3.04. The Morgan fingerprint density at radius 3 is 1.07 bits per heavy atom. The molecule has 224 valence electrons. The summed E-state index contributed by atoms with van der Waals surface area (Å²) >= 11 is 0. The molecule has 6 aromatic carbocycles.